The number of hydrogen-bond acceptors (Lipinski definition) is 3. The van der Waals surface area contributed by atoms with Gasteiger partial charge in [-0.1, -0.05) is 24.3 Å². The van der Waals surface area contributed by atoms with Gasteiger partial charge in [-0.05, 0) is 29.3 Å². The van der Waals surface area contributed by atoms with Crippen LogP contribution in [0, 0.1) is 0 Å². The first-order valence-electron chi connectivity index (χ1n) is 5.21. The zero-order valence-electron chi connectivity index (χ0n) is 9.13. The van der Waals surface area contributed by atoms with Gasteiger partial charge in [0.2, 0.25) is 0 Å². The second kappa shape index (κ2) is 5.23. The Bertz CT molecular complexity index is 588. The van der Waals surface area contributed by atoms with Gasteiger partial charge in [0, 0.05) is 11.9 Å². The number of hydrogen-bond donors (Lipinski definition) is 2. The van der Waals surface area contributed by atoms with E-state index in [1.54, 1.807) is 12.1 Å². The molecule has 0 saturated carbocycles. The maximum Gasteiger partial charge on any atom is 0.345 e. The highest BCUT2D eigenvalue weighted by Crippen LogP contribution is 2.08. The van der Waals surface area contributed by atoms with Crippen molar-refractivity contribution in [3.05, 3.63) is 63.8 Å². The predicted octanol–water partition coefficient (Wildman–Crippen LogP) is 1.43. The molecule has 0 aliphatic rings. The van der Waals surface area contributed by atoms with Crippen molar-refractivity contribution in [3.63, 3.8) is 0 Å². The molecule has 1 heterocycles. The van der Waals surface area contributed by atoms with Crippen molar-refractivity contribution in [1.82, 2.24) is 9.97 Å². The van der Waals surface area contributed by atoms with Crippen molar-refractivity contribution < 1.29 is 5.11 Å². The van der Waals surface area contributed by atoms with Gasteiger partial charge in [0.25, 0.3) is 0 Å². The summed E-state index contributed by atoms with van der Waals surface area (Å²) in [6.45, 7) is 0.0216. The molecule has 1 aromatic carbocycles. The Morgan fingerprint density at radius 2 is 2.18 bits per heavy atom. The van der Waals surface area contributed by atoms with Crippen LogP contribution in [0.15, 0.2) is 41.3 Å². The molecule has 0 unspecified atom stereocenters. The summed E-state index contributed by atoms with van der Waals surface area (Å²) in [7, 11) is 0. The third-order valence-corrected chi connectivity index (χ3v) is 2.29. The topological polar surface area (TPSA) is 66.0 Å². The second-order valence-corrected chi connectivity index (χ2v) is 3.57. The van der Waals surface area contributed by atoms with Crippen LogP contribution in [-0.4, -0.2) is 15.1 Å². The Kier molecular flexibility index (Phi) is 3.47. The fourth-order valence-electron chi connectivity index (χ4n) is 1.46. The van der Waals surface area contributed by atoms with Crippen molar-refractivity contribution in [2.24, 2.45) is 0 Å². The maximum absolute atomic E-state index is 11.0. The van der Waals surface area contributed by atoms with Crippen LogP contribution in [0.4, 0.5) is 0 Å². The Morgan fingerprint density at radius 3 is 2.94 bits per heavy atom. The van der Waals surface area contributed by atoms with E-state index in [1.165, 1.54) is 6.20 Å². The molecule has 0 aliphatic carbocycles. The summed E-state index contributed by atoms with van der Waals surface area (Å²) in [5.41, 5.74) is 2.15. The standard InChI is InChI=1S/C13H12N2O2/c16-9-11-3-1-2-10(8-11)4-5-12-6-7-14-13(17)15-12/h1-8,16H,9H2,(H,14,15,17). The molecule has 2 aromatic rings. The zero-order valence-corrected chi connectivity index (χ0v) is 9.13. The minimum atomic E-state index is -0.365. The quantitative estimate of drug-likeness (QED) is 0.835. The van der Waals surface area contributed by atoms with Gasteiger partial charge in [-0.15, -0.1) is 0 Å². The molecule has 0 aliphatic heterocycles. The van der Waals surface area contributed by atoms with E-state index in [2.05, 4.69) is 9.97 Å². The molecule has 86 valence electrons. The molecule has 4 nitrogen and oxygen atoms in total. The highest BCUT2D eigenvalue weighted by Gasteiger charge is 1.92. The van der Waals surface area contributed by atoms with Crippen LogP contribution in [0.1, 0.15) is 16.8 Å². The van der Waals surface area contributed by atoms with E-state index < -0.39 is 0 Å². The molecule has 0 bridgehead atoms. The van der Waals surface area contributed by atoms with Gasteiger partial charge in [0.05, 0.1) is 6.61 Å². The minimum absolute atomic E-state index is 0.0216. The molecule has 2 rings (SSSR count). The molecule has 1 aromatic heterocycles. The number of nitrogens with one attached hydrogen (secondary N) is 1. The molecular weight excluding hydrogens is 216 g/mol. The van der Waals surface area contributed by atoms with E-state index in [-0.39, 0.29) is 12.3 Å². The Morgan fingerprint density at radius 1 is 1.29 bits per heavy atom. The molecule has 2 N–H and O–H groups in total. The number of benzene rings is 1. The number of aromatic nitrogens is 2. The number of nitrogens with zero attached hydrogens (tertiary/aromatic N) is 1. The van der Waals surface area contributed by atoms with Crippen LogP contribution in [0.2, 0.25) is 0 Å². The van der Waals surface area contributed by atoms with Crippen molar-refractivity contribution >= 4 is 12.2 Å². The van der Waals surface area contributed by atoms with Gasteiger partial charge in [-0.25, -0.2) is 9.78 Å². The van der Waals surface area contributed by atoms with E-state index in [1.807, 2.05) is 30.3 Å². The van der Waals surface area contributed by atoms with Gasteiger partial charge in [-0.3, -0.25) is 0 Å². The average molecular weight is 228 g/mol. The van der Waals surface area contributed by atoms with E-state index in [9.17, 15) is 4.79 Å². The molecule has 4 heteroatoms. The molecule has 0 atom stereocenters. The third kappa shape index (κ3) is 3.12. The Balaban J connectivity index is 2.22. The fraction of sp³-hybridized carbons (Fsp3) is 0.0769. The fourth-order valence-corrected chi connectivity index (χ4v) is 1.46. The normalized spacial score (nSPS) is 10.9. The lowest BCUT2D eigenvalue weighted by Gasteiger charge is -1.98. The SMILES string of the molecule is O=c1nccc(C=Cc2cccc(CO)c2)[nH]1. The van der Waals surface area contributed by atoms with Gasteiger partial charge in [0.1, 0.15) is 0 Å². The Labute approximate surface area is 98.3 Å². The van der Waals surface area contributed by atoms with E-state index in [4.69, 9.17) is 5.11 Å². The highest BCUT2D eigenvalue weighted by molar-refractivity contribution is 5.67. The number of H-pyrrole nitrogens is 1. The predicted molar refractivity (Wildman–Crippen MR) is 66.2 cm³/mol. The van der Waals surface area contributed by atoms with Crippen molar-refractivity contribution in [2.45, 2.75) is 6.61 Å². The molecule has 0 amide bonds. The average Bonchev–Trinajstić information content (AvgIpc) is 2.37. The van der Waals surface area contributed by atoms with Crippen LogP contribution in [0.25, 0.3) is 12.2 Å². The van der Waals surface area contributed by atoms with Crippen LogP contribution in [-0.2, 0) is 6.61 Å². The molecule has 0 fully saturated rings. The summed E-state index contributed by atoms with van der Waals surface area (Å²) in [4.78, 5) is 17.1. The summed E-state index contributed by atoms with van der Waals surface area (Å²) >= 11 is 0. The smallest absolute Gasteiger partial charge is 0.345 e. The lowest BCUT2D eigenvalue weighted by Crippen LogP contribution is -2.09. The number of rotatable bonds is 3. The van der Waals surface area contributed by atoms with Gasteiger partial charge >= 0.3 is 5.69 Å². The summed E-state index contributed by atoms with van der Waals surface area (Å²) < 4.78 is 0. The number of aliphatic hydroxyl groups excluding tert-OH is 1. The van der Waals surface area contributed by atoms with Gasteiger partial charge < -0.3 is 10.1 Å². The summed E-state index contributed by atoms with van der Waals surface area (Å²) in [5.74, 6) is 0. The first-order valence-corrected chi connectivity index (χ1v) is 5.21. The van der Waals surface area contributed by atoms with Crippen molar-refractivity contribution in [3.8, 4) is 0 Å². The number of aliphatic hydroxyl groups is 1. The summed E-state index contributed by atoms with van der Waals surface area (Å²) in [5, 5.41) is 9.00. The summed E-state index contributed by atoms with van der Waals surface area (Å²) in [6, 6.07) is 9.25. The minimum Gasteiger partial charge on any atom is -0.392 e. The third-order valence-electron chi connectivity index (χ3n) is 2.29. The van der Waals surface area contributed by atoms with Gasteiger partial charge in [-0.2, -0.15) is 0 Å². The van der Waals surface area contributed by atoms with Crippen LogP contribution in [0.5, 0.6) is 0 Å². The van der Waals surface area contributed by atoms with Crippen LogP contribution < -0.4 is 5.69 Å². The first kappa shape index (κ1) is 11.3. The molecule has 0 radical (unpaired) electrons. The van der Waals surface area contributed by atoms with E-state index >= 15 is 0 Å². The summed E-state index contributed by atoms with van der Waals surface area (Å²) in [6.07, 6.45) is 5.12. The Hall–Kier alpha value is -2.20. The molecule has 0 spiro atoms. The zero-order chi connectivity index (χ0) is 12.1. The largest absolute Gasteiger partial charge is 0.392 e. The maximum atomic E-state index is 11.0. The first-order chi connectivity index (χ1) is 8.28. The van der Waals surface area contributed by atoms with Crippen LogP contribution >= 0.6 is 0 Å². The molecular formula is C13H12N2O2. The molecule has 17 heavy (non-hydrogen) atoms. The van der Waals surface area contributed by atoms with Crippen molar-refractivity contribution in [2.75, 3.05) is 0 Å². The molecule has 0 saturated heterocycles. The highest BCUT2D eigenvalue weighted by atomic mass is 16.3. The monoisotopic (exact) mass is 228 g/mol. The lowest BCUT2D eigenvalue weighted by atomic mass is 10.1. The van der Waals surface area contributed by atoms with E-state index in [0.717, 1.165) is 11.1 Å². The van der Waals surface area contributed by atoms with Crippen molar-refractivity contribution in [1.29, 1.82) is 0 Å². The van der Waals surface area contributed by atoms with E-state index in [0.29, 0.717) is 5.69 Å². The second-order valence-electron chi connectivity index (χ2n) is 3.57. The van der Waals surface area contributed by atoms with Gasteiger partial charge in [0.15, 0.2) is 0 Å². The van der Waals surface area contributed by atoms with Crippen LogP contribution in [0.3, 0.4) is 0 Å². The lowest BCUT2D eigenvalue weighted by molar-refractivity contribution is 0.282. The number of aromatic amines is 1.